The first-order valence-electron chi connectivity index (χ1n) is 5.80. The predicted molar refractivity (Wildman–Crippen MR) is 74.0 cm³/mol. The summed E-state index contributed by atoms with van der Waals surface area (Å²) in [6.07, 6.45) is -3.05. The lowest BCUT2D eigenvalue weighted by Crippen LogP contribution is -2.41. The van der Waals surface area contributed by atoms with E-state index in [4.69, 9.17) is 15.0 Å². The maximum absolute atomic E-state index is 11.8. The molecule has 1 aromatic heterocycles. The van der Waals surface area contributed by atoms with E-state index in [0.29, 0.717) is 3.57 Å². The van der Waals surface area contributed by atoms with Gasteiger partial charge in [-0.3, -0.25) is 9.13 Å². The van der Waals surface area contributed by atoms with Crippen LogP contribution in [0.15, 0.2) is 11.0 Å². The van der Waals surface area contributed by atoms with Gasteiger partial charge in [0.1, 0.15) is 24.1 Å². The summed E-state index contributed by atoms with van der Waals surface area (Å²) in [5.74, 6) is 0.0606. The second-order valence-corrected chi connectivity index (χ2v) is 7.06. The zero-order valence-corrected chi connectivity index (χ0v) is 13.3. The van der Waals surface area contributed by atoms with Gasteiger partial charge in [-0.1, -0.05) is 0 Å². The lowest BCUT2D eigenvalue weighted by molar-refractivity contribution is -0.245. The van der Waals surface area contributed by atoms with Crippen molar-refractivity contribution in [3.8, 4) is 0 Å². The highest BCUT2D eigenvalue weighted by atomic mass is 127. The summed E-state index contributed by atoms with van der Waals surface area (Å²) in [6, 6.07) is 0. The number of fused-ring (bicyclic) bond motifs is 1. The van der Waals surface area contributed by atoms with Gasteiger partial charge in [0.15, 0.2) is 6.23 Å². The molecular weight excluding hydrogens is 420 g/mol. The molecule has 3 rings (SSSR count). The van der Waals surface area contributed by atoms with Gasteiger partial charge in [0, 0.05) is 6.20 Å². The van der Waals surface area contributed by atoms with Crippen LogP contribution in [0.5, 0.6) is 0 Å². The van der Waals surface area contributed by atoms with Gasteiger partial charge in [-0.25, -0.2) is 4.79 Å². The van der Waals surface area contributed by atoms with Crippen LogP contribution < -0.4 is 16.3 Å². The zero-order chi connectivity index (χ0) is 15.4. The van der Waals surface area contributed by atoms with Crippen molar-refractivity contribution in [3.63, 3.8) is 0 Å². The minimum atomic E-state index is -4.46. The van der Waals surface area contributed by atoms with Gasteiger partial charge < -0.3 is 29.5 Å². The van der Waals surface area contributed by atoms with E-state index in [9.17, 15) is 19.4 Å². The Morgan fingerprint density at radius 3 is 3.05 bits per heavy atom. The highest BCUT2D eigenvalue weighted by Crippen LogP contribution is 2.49. The first-order chi connectivity index (χ1) is 9.78. The lowest BCUT2D eigenvalue weighted by Gasteiger charge is -2.34. The molecule has 21 heavy (non-hydrogen) atoms. The zero-order valence-electron chi connectivity index (χ0n) is 10.3. The average molecular weight is 430 g/mol. The second-order valence-electron chi connectivity index (χ2n) is 4.53. The molecule has 3 N–H and O–H groups in total. The van der Waals surface area contributed by atoms with E-state index in [1.54, 1.807) is 0 Å². The van der Waals surface area contributed by atoms with Crippen molar-refractivity contribution in [2.75, 3.05) is 12.3 Å². The fraction of sp³-hybridized carbons (Fsp3) is 0.556. The van der Waals surface area contributed by atoms with Crippen LogP contribution in [0.25, 0.3) is 0 Å². The van der Waals surface area contributed by atoms with E-state index in [1.807, 2.05) is 22.6 Å². The summed E-state index contributed by atoms with van der Waals surface area (Å²) >= 11 is 1.87. The molecule has 12 heteroatoms. The van der Waals surface area contributed by atoms with Gasteiger partial charge in [-0.15, -0.1) is 0 Å². The predicted octanol–water partition coefficient (Wildman–Crippen LogP) is -1.43. The van der Waals surface area contributed by atoms with Gasteiger partial charge in [0.2, 0.25) is 0 Å². The fourth-order valence-electron chi connectivity index (χ4n) is 2.20. The van der Waals surface area contributed by atoms with E-state index in [0.717, 1.165) is 4.57 Å². The van der Waals surface area contributed by atoms with Crippen molar-refractivity contribution in [1.29, 1.82) is 0 Å². The van der Waals surface area contributed by atoms with E-state index in [1.165, 1.54) is 6.20 Å². The summed E-state index contributed by atoms with van der Waals surface area (Å²) < 4.78 is 27.4. The van der Waals surface area contributed by atoms with Crippen molar-refractivity contribution in [2.24, 2.45) is 0 Å². The minimum absolute atomic E-state index is 0.0606. The molecule has 5 atom stereocenters. The summed E-state index contributed by atoms with van der Waals surface area (Å²) in [7, 11) is -4.46. The van der Waals surface area contributed by atoms with Gasteiger partial charge in [0.25, 0.3) is 7.82 Å². The monoisotopic (exact) mass is 430 g/mol. The van der Waals surface area contributed by atoms with Gasteiger partial charge >= 0.3 is 5.69 Å². The number of hydrogen-bond acceptors (Lipinski definition) is 9. The average Bonchev–Trinajstić information content (AvgIpc) is 2.70. The van der Waals surface area contributed by atoms with Crippen LogP contribution in [0.1, 0.15) is 6.23 Å². The highest BCUT2D eigenvalue weighted by molar-refractivity contribution is 14.1. The van der Waals surface area contributed by atoms with E-state index >= 15 is 0 Å². The number of aromatic nitrogens is 2. The molecule has 2 aliphatic rings. The molecule has 0 radical (unpaired) electrons. The number of hydrogen-bond donors (Lipinski definition) is 2. The summed E-state index contributed by atoms with van der Waals surface area (Å²) in [4.78, 5) is 26.7. The molecule has 1 aromatic rings. The third-order valence-electron chi connectivity index (χ3n) is 3.17. The molecule has 0 aliphatic carbocycles. The van der Waals surface area contributed by atoms with Crippen LogP contribution >= 0.6 is 30.4 Å². The smallest absolute Gasteiger partial charge is 0.351 e. The number of anilines is 1. The van der Waals surface area contributed by atoms with E-state index < -0.39 is 38.1 Å². The van der Waals surface area contributed by atoms with Crippen LogP contribution in [0.3, 0.4) is 0 Å². The number of nitrogens with two attached hydrogens (primary N) is 1. The first-order valence-corrected chi connectivity index (χ1v) is 8.34. The molecule has 0 amide bonds. The minimum Gasteiger partial charge on any atom is -0.756 e. The van der Waals surface area contributed by atoms with Crippen LogP contribution in [0.4, 0.5) is 5.82 Å². The Morgan fingerprint density at radius 1 is 1.62 bits per heavy atom. The van der Waals surface area contributed by atoms with E-state index in [-0.39, 0.29) is 12.4 Å². The van der Waals surface area contributed by atoms with Crippen molar-refractivity contribution in [2.45, 2.75) is 24.5 Å². The number of aliphatic hydroxyl groups is 1. The number of halogens is 1. The molecule has 2 aliphatic heterocycles. The van der Waals surface area contributed by atoms with Gasteiger partial charge in [-0.2, -0.15) is 4.98 Å². The maximum Gasteiger partial charge on any atom is 0.351 e. The number of phosphoric acid groups is 1. The molecule has 0 bridgehead atoms. The standard InChI is InChI=1S/C9H11IN3O7P/c10-3-1-13(9(15)12-7(3)11)8-5(14)6-4(19-8)2-18-21(16,17)20-6/h1,4-6,8,14H,2H2,(H,16,17)(H2,11,12,15)/p-1/t4?,5-,6?,8-/m1/s1. The largest absolute Gasteiger partial charge is 0.756 e. The molecule has 3 heterocycles. The Balaban J connectivity index is 1.94. The quantitative estimate of drug-likeness (QED) is 0.404. The lowest BCUT2D eigenvalue weighted by atomic mass is 10.1. The number of nitrogens with zero attached hydrogens (tertiary/aromatic N) is 2. The van der Waals surface area contributed by atoms with Crippen molar-refractivity contribution >= 4 is 36.2 Å². The Morgan fingerprint density at radius 2 is 2.33 bits per heavy atom. The van der Waals surface area contributed by atoms with Gasteiger partial charge in [-0.05, 0) is 22.6 Å². The van der Waals surface area contributed by atoms with Gasteiger partial charge in [0.05, 0.1) is 10.2 Å². The first kappa shape index (κ1) is 15.3. The topological polar surface area (TPSA) is 149 Å². The number of aliphatic hydroxyl groups excluding tert-OH is 1. The molecule has 0 aromatic carbocycles. The van der Waals surface area contributed by atoms with Crippen LogP contribution in [0.2, 0.25) is 0 Å². The van der Waals surface area contributed by atoms with Crippen molar-refractivity contribution < 1.29 is 28.3 Å². The Labute approximate surface area is 131 Å². The number of nitrogen functional groups attached to an aromatic ring is 1. The molecule has 0 saturated carbocycles. The second kappa shape index (κ2) is 5.26. The third kappa shape index (κ3) is 2.74. The molecule has 3 unspecified atom stereocenters. The Bertz CT molecular complexity index is 682. The summed E-state index contributed by atoms with van der Waals surface area (Å²) in [5, 5.41) is 10.2. The third-order valence-corrected chi connectivity index (χ3v) is 4.96. The number of phosphoric ester groups is 1. The summed E-state index contributed by atoms with van der Waals surface area (Å²) in [5.41, 5.74) is 4.80. The SMILES string of the molecule is Nc1nc(=O)n([C@@H]2OC3COP(=O)([O-])OC3[C@H]2O)cc1I. The molecule has 2 fully saturated rings. The molecule has 10 nitrogen and oxygen atoms in total. The molecule has 0 spiro atoms. The highest BCUT2D eigenvalue weighted by Gasteiger charge is 2.50. The molecule has 116 valence electrons. The van der Waals surface area contributed by atoms with Crippen LogP contribution in [-0.4, -0.2) is 39.6 Å². The van der Waals surface area contributed by atoms with Crippen molar-refractivity contribution in [3.05, 3.63) is 20.3 Å². The molecular formula is C9H10IN3O7P-. The normalized spacial score (nSPS) is 39.2. The fourth-order valence-corrected chi connectivity index (χ4v) is 3.57. The Hall–Kier alpha value is -0.560. The summed E-state index contributed by atoms with van der Waals surface area (Å²) in [6.45, 7) is -0.284. The number of rotatable bonds is 1. The Kier molecular flexibility index (Phi) is 3.84. The van der Waals surface area contributed by atoms with Crippen molar-refractivity contribution in [1.82, 2.24) is 9.55 Å². The maximum atomic E-state index is 11.8. The van der Waals surface area contributed by atoms with Crippen LogP contribution in [-0.2, 0) is 18.3 Å². The van der Waals surface area contributed by atoms with Crippen LogP contribution in [0, 0.1) is 3.57 Å². The van der Waals surface area contributed by atoms with E-state index in [2.05, 4.69) is 9.51 Å². The molecule has 2 saturated heterocycles. The number of ether oxygens (including phenoxy) is 1.